The zero-order valence-electron chi connectivity index (χ0n) is 4.23. The Hall–Kier alpha value is -0.210. The van der Waals surface area contributed by atoms with Crippen molar-refractivity contribution >= 4 is 23.2 Å². The third kappa shape index (κ3) is 0.956. The molecule has 0 atom stereocenters. The molecule has 0 unspecified atom stereocenters. The first-order valence-corrected chi connectivity index (χ1v) is 2.81. The van der Waals surface area contributed by atoms with Gasteiger partial charge >= 0.3 is 0 Å². The molecule has 8 heavy (non-hydrogen) atoms. The molecule has 1 heterocycles. The van der Waals surface area contributed by atoms with Crippen LogP contribution in [0, 0.1) is 0 Å². The van der Waals surface area contributed by atoms with Gasteiger partial charge in [-0.1, -0.05) is 23.2 Å². The van der Waals surface area contributed by atoms with Crippen LogP contribution in [0.1, 0.15) is 0 Å². The largest absolute Gasteiger partial charge is 0.256 e. The average Bonchev–Trinajstić information content (AvgIpc) is 1.85. The van der Waals surface area contributed by atoms with Gasteiger partial charge in [0, 0.05) is 13.1 Å². The van der Waals surface area contributed by atoms with Crippen LogP contribution in [-0.4, -0.2) is 9.78 Å². The molecule has 0 aliphatic carbocycles. The number of hydrogen-bond donors (Lipinski definition) is 0. The van der Waals surface area contributed by atoms with E-state index in [-0.39, 0.29) is 0 Å². The Bertz CT molecular complexity index is 174. The fraction of sp³-hybridized carbons (Fsp3) is 0.250. The summed E-state index contributed by atoms with van der Waals surface area (Å²) in [7, 11) is 1.73. The van der Waals surface area contributed by atoms with E-state index in [1.54, 1.807) is 13.1 Å². The number of nitrogens with zero attached hydrogens (tertiary/aromatic N) is 2. The Morgan fingerprint density at radius 1 is 1.62 bits per heavy atom. The maximum absolute atomic E-state index is 5.55. The summed E-state index contributed by atoms with van der Waals surface area (Å²) in [4.78, 5) is 0. The molecule has 1 rings (SSSR count). The molecule has 0 saturated heterocycles. The van der Waals surface area contributed by atoms with Gasteiger partial charge in [0.1, 0.15) is 5.15 Å². The number of halogens is 2. The summed E-state index contributed by atoms with van der Waals surface area (Å²) in [6.07, 6.45) is 0. The Kier molecular flexibility index (Phi) is 1.45. The third-order valence-electron chi connectivity index (χ3n) is 0.793. The van der Waals surface area contributed by atoms with Crippen molar-refractivity contribution in [2.24, 2.45) is 7.05 Å². The lowest BCUT2D eigenvalue weighted by molar-refractivity contribution is 0.769. The van der Waals surface area contributed by atoms with Crippen molar-refractivity contribution < 1.29 is 0 Å². The van der Waals surface area contributed by atoms with E-state index in [0.717, 1.165) is 0 Å². The molecule has 0 aliphatic rings. The number of rotatable bonds is 0. The zero-order chi connectivity index (χ0) is 6.15. The molecule has 4 heteroatoms. The molecular formula is C4H4Cl2N2. The monoisotopic (exact) mass is 150 g/mol. The van der Waals surface area contributed by atoms with Crippen LogP contribution in [0.25, 0.3) is 0 Å². The van der Waals surface area contributed by atoms with Crippen LogP contribution in [-0.2, 0) is 7.05 Å². The quantitative estimate of drug-likeness (QED) is 0.551. The summed E-state index contributed by atoms with van der Waals surface area (Å²) in [6.45, 7) is 0. The van der Waals surface area contributed by atoms with Crippen LogP contribution in [0.2, 0.25) is 10.3 Å². The van der Waals surface area contributed by atoms with Gasteiger partial charge in [-0.25, -0.2) is 0 Å². The molecule has 0 N–H and O–H groups in total. The summed E-state index contributed by atoms with van der Waals surface area (Å²) < 4.78 is 1.50. The summed E-state index contributed by atoms with van der Waals surface area (Å²) in [6, 6.07) is 1.59. The maximum Gasteiger partial charge on any atom is 0.152 e. The topological polar surface area (TPSA) is 17.8 Å². The highest BCUT2D eigenvalue weighted by Gasteiger charge is 1.96. The minimum atomic E-state index is 0.428. The second kappa shape index (κ2) is 1.96. The van der Waals surface area contributed by atoms with Crippen molar-refractivity contribution in [3.8, 4) is 0 Å². The first kappa shape index (κ1) is 5.92. The van der Waals surface area contributed by atoms with E-state index in [1.807, 2.05) is 0 Å². The van der Waals surface area contributed by atoms with E-state index >= 15 is 0 Å². The SMILES string of the molecule is Cn1nc(Cl)cc1Cl. The van der Waals surface area contributed by atoms with Gasteiger partial charge < -0.3 is 0 Å². The summed E-state index contributed by atoms with van der Waals surface area (Å²) >= 11 is 11.0. The van der Waals surface area contributed by atoms with Gasteiger partial charge in [0.05, 0.1) is 0 Å². The molecule has 0 fully saturated rings. The van der Waals surface area contributed by atoms with Gasteiger partial charge in [-0.2, -0.15) is 5.10 Å². The number of aryl methyl sites for hydroxylation is 1. The van der Waals surface area contributed by atoms with Gasteiger partial charge in [-0.3, -0.25) is 4.68 Å². The van der Waals surface area contributed by atoms with Gasteiger partial charge in [-0.15, -0.1) is 0 Å². The Morgan fingerprint density at radius 3 is 2.38 bits per heavy atom. The van der Waals surface area contributed by atoms with Crippen molar-refractivity contribution in [3.05, 3.63) is 16.4 Å². The van der Waals surface area contributed by atoms with E-state index in [9.17, 15) is 0 Å². The fourth-order valence-corrected chi connectivity index (χ4v) is 0.825. The van der Waals surface area contributed by atoms with Crippen molar-refractivity contribution in [2.45, 2.75) is 0 Å². The van der Waals surface area contributed by atoms with E-state index < -0.39 is 0 Å². The van der Waals surface area contributed by atoms with Gasteiger partial charge in [0.2, 0.25) is 0 Å². The third-order valence-corrected chi connectivity index (χ3v) is 1.33. The average molecular weight is 151 g/mol. The van der Waals surface area contributed by atoms with Gasteiger partial charge in [-0.05, 0) is 0 Å². The predicted molar refractivity (Wildman–Crippen MR) is 33.2 cm³/mol. The van der Waals surface area contributed by atoms with E-state index in [1.165, 1.54) is 4.68 Å². The first-order valence-electron chi connectivity index (χ1n) is 2.05. The molecule has 0 aromatic carbocycles. The highest BCUT2D eigenvalue weighted by molar-refractivity contribution is 6.33. The summed E-state index contributed by atoms with van der Waals surface area (Å²) in [5.74, 6) is 0. The van der Waals surface area contributed by atoms with Crippen molar-refractivity contribution in [2.75, 3.05) is 0 Å². The Labute approximate surface area is 57.0 Å². The second-order valence-electron chi connectivity index (χ2n) is 1.41. The van der Waals surface area contributed by atoms with Crippen molar-refractivity contribution in [1.29, 1.82) is 0 Å². The molecule has 1 aromatic rings. The highest BCUT2D eigenvalue weighted by Crippen LogP contribution is 2.12. The van der Waals surface area contributed by atoms with Crippen LogP contribution in [0.5, 0.6) is 0 Å². The molecule has 0 saturated carbocycles. The Balaban J connectivity index is 3.14. The lowest BCUT2D eigenvalue weighted by atomic mass is 10.7. The molecule has 0 spiro atoms. The Morgan fingerprint density at radius 2 is 2.25 bits per heavy atom. The lowest BCUT2D eigenvalue weighted by Gasteiger charge is -1.84. The molecule has 0 radical (unpaired) electrons. The highest BCUT2D eigenvalue weighted by atomic mass is 35.5. The summed E-state index contributed by atoms with van der Waals surface area (Å²) in [5.41, 5.74) is 0. The standard InChI is InChI=1S/C4H4Cl2N2/c1-8-4(6)2-3(5)7-8/h2H,1H3. The molecule has 0 bridgehead atoms. The van der Waals surface area contributed by atoms with Crippen LogP contribution in [0.4, 0.5) is 0 Å². The molecule has 44 valence electrons. The summed E-state index contributed by atoms with van der Waals surface area (Å²) in [5, 5.41) is 4.74. The van der Waals surface area contributed by atoms with E-state index in [4.69, 9.17) is 23.2 Å². The lowest BCUT2D eigenvalue weighted by Crippen LogP contribution is -1.87. The minimum Gasteiger partial charge on any atom is -0.256 e. The van der Waals surface area contributed by atoms with E-state index in [0.29, 0.717) is 10.3 Å². The second-order valence-corrected chi connectivity index (χ2v) is 2.19. The van der Waals surface area contributed by atoms with Crippen LogP contribution >= 0.6 is 23.2 Å². The van der Waals surface area contributed by atoms with E-state index in [2.05, 4.69) is 5.10 Å². The molecule has 0 amide bonds. The number of hydrogen-bond acceptors (Lipinski definition) is 1. The normalized spacial score (nSPS) is 9.88. The smallest absolute Gasteiger partial charge is 0.152 e. The van der Waals surface area contributed by atoms with Crippen LogP contribution in [0.3, 0.4) is 0 Å². The van der Waals surface area contributed by atoms with Crippen LogP contribution < -0.4 is 0 Å². The minimum absolute atomic E-state index is 0.428. The van der Waals surface area contributed by atoms with Gasteiger partial charge in [0.25, 0.3) is 0 Å². The molecule has 2 nitrogen and oxygen atoms in total. The van der Waals surface area contributed by atoms with Crippen molar-refractivity contribution in [1.82, 2.24) is 9.78 Å². The predicted octanol–water partition coefficient (Wildman–Crippen LogP) is 1.73. The van der Waals surface area contributed by atoms with Crippen LogP contribution in [0.15, 0.2) is 6.07 Å². The molecule has 0 aliphatic heterocycles. The maximum atomic E-state index is 5.55. The first-order chi connectivity index (χ1) is 3.70. The number of aromatic nitrogens is 2. The van der Waals surface area contributed by atoms with Gasteiger partial charge in [0.15, 0.2) is 5.15 Å². The fourth-order valence-electron chi connectivity index (χ4n) is 0.412. The van der Waals surface area contributed by atoms with Crippen molar-refractivity contribution in [3.63, 3.8) is 0 Å². The molecular weight excluding hydrogens is 147 g/mol. The zero-order valence-corrected chi connectivity index (χ0v) is 5.74. The molecule has 1 aromatic heterocycles.